The molecule has 0 aliphatic carbocycles. The van der Waals surface area contributed by atoms with Gasteiger partial charge in [-0.15, -0.1) is 10.2 Å². The normalized spacial score (nSPS) is 10.6. The second kappa shape index (κ2) is 9.33. The van der Waals surface area contributed by atoms with E-state index in [1.54, 1.807) is 17.7 Å². The summed E-state index contributed by atoms with van der Waals surface area (Å²) < 4.78 is 14.6. The molecule has 1 aromatic heterocycles. The Morgan fingerprint density at radius 3 is 2.55 bits per heavy atom. The number of halogens is 1. The molecule has 2 aromatic carbocycles. The largest absolute Gasteiger partial charge is 0.345 e. The summed E-state index contributed by atoms with van der Waals surface area (Å²) in [6.07, 6.45) is 0. The number of hydrogen-bond acceptors (Lipinski definition) is 5. The number of carbonyl (C=O) groups is 2. The predicted molar refractivity (Wildman–Crippen MR) is 109 cm³/mol. The molecule has 2 N–H and O–H groups in total. The van der Waals surface area contributed by atoms with Gasteiger partial charge in [-0.25, -0.2) is 4.39 Å². The first-order chi connectivity index (χ1) is 13.9. The maximum atomic E-state index is 12.9. The highest BCUT2D eigenvalue weighted by Crippen LogP contribution is 2.17. The van der Waals surface area contributed by atoms with Gasteiger partial charge < -0.3 is 15.2 Å². The molecule has 0 saturated heterocycles. The summed E-state index contributed by atoms with van der Waals surface area (Å²) in [5.41, 5.74) is 2.03. The fraction of sp³-hybridized carbons (Fsp3) is 0.200. The van der Waals surface area contributed by atoms with Gasteiger partial charge in [0.05, 0.1) is 12.3 Å². The Morgan fingerprint density at radius 2 is 1.83 bits per heavy atom. The number of aromatic nitrogens is 3. The Hall–Kier alpha value is -3.20. The highest BCUT2D eigenvalue weighted by atomic mass is 32.2. The predicted octanol–water partition coefficient (Wildman–Crippen LogP) is 2.92. The molecule has 0 saturated carbocycles. The van der Waals surface area contributed by atoms with E-state index < -0.39 is 0 Å². The lowest BCUT2D eigenvalue weighted by Crippen LogP contribution is -2.25. The maximum Gasteiger partial charge on any atom is 0.251 e. The smallest absolute Gasteiger partial charge is 0.251 e. The van der Waals surface area contributed by atoms with Crippen molar-refractivity contribution in [2.45, 2.75) is 18.6 Å². The number of carbonyl (C=O) groups excluding carboxylic acids is 2. The summed E-state index contributed by atoms with van der Waals surface area (Å²) >= 11 is 1.22. The van der Waals surface area contributed by atoms with Crippen molar-refractivity contribution in [2.75, 3.05) is 11.1 Å². The van der Waals surface area contributed by atoms with Crippen LogP contribution in [0.1, 0.15) is 21.7 Å². The van der Waals surface area contributed by atoms with Crippen molar-refractivity contribution in [1.82, 2.24) is 20.1 Å². The molecule has 3 rings (SSSR count). The average molecular weight is 413 g/mol. The van der Waals surface area contributed by atoms with Crippen molar-refractivity contribution in [3.05, 3.63) is 71.3 Å². The SMILES string of the molecule is Cc1ccccc1C(=O)NCc1nnc(SCC(=O)Nc2ccc(F)cc2)n1C. The summed E-state index contributed by atoms with van der Waals surface area (Å²) in [6, 6.07) is 12.9. The van der Waals surface area contributed by atoms with Crippen molar-refractivity contribution in [2.24, 2.45) is 7.05 Å². The minimum Gasteiger partial charge on any atom is -0.345 e. The Balaban J connectivity index is 1.52. The number of hydrogen-bond donors (Lipinski definition) is 2. The molecule has 0 aliphatic rings. The van der Waals surface area contributed by atoms with Crippen LogP contribution in [-0.2, 0) is 18.4 Å². The Kier molecular flexibility index (Phi) is 6.61. The molecular weight excluding hydrogens is 393 g/mol. The van der Waals surface area contributed by atoms with Crippen LogP contribution in [0.25, 0.3) is 0 Å². The molecule has 0 aliphatic heterocycles. The van der Waals surface area contributed by atoms with Gasteiger partial charge in [-0.3, -0.25) is 9.59 Å². The number of rotatable bonds is 7. The van der Waals surface area contributed by atoms with E-state index in [0.29, 0.717) is 22.2 Å². The molecule has 0 fully saturated rings. The van der Waals surface area contributed by atoms with E-state index in [0.717, 1.165) is 5.56 Å². The lowest BCUT2D eigenvalue weighted by molar-refractivity contribution is -0.113. The molecule has 0 atom stereocenters. The Morgan fingerprint density at radius 1 is 1.10 bits per heavy atom. The van der Waals surface area contributed by atoms with E-state index in [2.05, 4.69) is 20.8 Å². The molecular formula is C20H20FN5O2S. The van der Waals surface area contributed by atoms with Gasteiger partial charge in [0.2, 0.25) is 5.91 Å². The first-order valence-electron chi connectivity index (χ1n) is 8.84. The minimum absolute atomic E-state index is 0.124. The summed E-state index contributed by atoms with van der Waals surface area (Å²) in [7, 11) is 1.77. The summed E-state index contributed by atoms with van der Waals surface area (Å²) in [5.74, 6) is -0.0799. The fourth-order valence-electron chi connectivity index (χ4n) is 2.57. The summed E-state index contributed by atoms with van der Waals surface area (Å²) in [6.45, 7) is 2.10. The van der Waals surface area contributed by atoms with E-state index in [9.17, 15) is 14.0 Å². The number of benzene rings is 2. The third-order valence-corrected chi connectivity index (χ3v) is 5.20. The molecule has 29 heavy (non-hydrogen) atoms. The van der Waals surface area contributed by atoms with Gasteiger partial charge in [-0.1, -0.05) is 30.0 Å². The molecule has 150 valence electrons. The molecule has 0 bridgehead atoms. The standard InChI is InChI=1S/C20H20FN5O2S/c1-13-5-3-4-6-16(13)19(28)22-11-17-24-25-20(26(17)2)29-12-18(27)23-15-9-7-14(21)8-10-15/h3-10H,11-12H2,1-2H3,(H,22,28)(H,23,27). The lowest BCUT2D eigenvalue weighted by Gasteiger charge is -2.08. The number of thioether (sulfide) groups is 1. The van der Waals surface area contributed by atoms with Gasteiger partial charge >= 0.3 is 0 Å². The van der Waals surface area contributed by atoms with Gasteiger partial charge in [0, 0.05) is 18.3 Å². The van der Waals surface area contributed by atoms with Crippen LogP contribution in [0.3, 0.4) is 0 Å². The molecule has 9 heteroatoms. The quantitative estimate of drug-likeness (QED) is 0.582. The molecule has 0 radical (unpaired) electrons. The van der Waals surface area contributed by atoms with Crippen LogP contribution in [0.4, 0.5) is 10.1 Å². The van der Waals surface area contributed by atoms with Crippen LogP contribution in [0, 0.1) is 12.7 Å². The summed E-state index contributed by atoms with van der Waals surface area (Å²) in [5, 5.41) is 14.2. The second-order valence-corrected chi connectivity index (χ2v) is 7.24. The van der Waals surface area contributed by atoms with Crippen LogP contribution < -0.4 is 10.6 Å². The van der Waals surface area contributed by atoms with Gasteiger partial charge in [0.25, 0.3) is 5.91 Å². The fourth-order valence-corrected chi connectivity index (χ4v) is 3.30. The summed E-state index contributed by atoms with van der Waals surface area (Å²) in [4.78, 5) is 24.4. The number of amides is 2. The highest BCUT2D eigenvalue weighted by molar-refractivity contribution is 7.99. The van der Waals surface area contributed by atoms with Crippen LogP contribution >= 0.6 is 11.8 Å². The zero-order valence-electron chi connectivity index (χ0n) is 16.0. The first-order valence-corrected chi connectivity index (χ1v) is 9.83. The van der Waals surface area contributed by atoms with Crippen molar-refractivity contribution >= 4 is 29.3 Å². The number of aryl methyl sites for hydroxylation is 1. The third kappa shape index (κ3) is 5.41. The van der Waals surface area contributed by atoms with Gasteiger partial charge in [0.15, 0.2) is 11.0 Å². The minimum atomic E-state index is -0.362. The highest BCUT2D eigenvalue weighted by Gasteiger charge is 2.14. The first kappa shape index (κ1) is 20.5. The lowest BCUT2D eigenvalue weighted by atomic mass is 10.1. The monoisotopic (exact) mass is 413 g/mol. The number of anilines is 1. The van der Waals surface area contributed by atoms with E-state index in [1.807, 2.05) is 25.1 Å². The third-order valence-electron chi connectivity index (χ3n) is 4.18. The van der Waals surface area contributed by atoms with Gasteiger partial charge in [-0.05, 0) is 42.8 Å². The van der Waals surface area contributed by atoms with E-state index in [-0.39, 0.29) is 29.9 Å². The van der Waals surface area contributed by atoms with Crippen LogP contribution in [0.2, 0.25) is 0 Å². The molecule has 0 unspecified atom stereocenters. The Bertz CT molecular complexity index is 1020. The van der Waals surface area contributed by atoms with Crippen molar-refractivity contribution in [3.8, 4) is 0 Å². The van der Waals surface area contributed by atoms with Crippen molar-refractivity contribution < 1.29 is 14.0 Å². The van der Waals surface area contributed by atoms with E-state index in [1.165, 1.54) is 36.0 Å². The van der Waals surface area contributed by atoms with Crippen molar-refractivity contribution in [1.29, 1.82) is 0 Å². The number of nitrogens with zero attached hydrogens (tertiary/aromatic N) is 3. The second-order valence-electron chi connectivity index (χ2n) is 6.30. The number of nitrogens with one attached hydrogen (secondary N) is 2. The van der Waals surface area contributed by atoms with E-state index >= 15 is 0 Å². The maximum absolute atomic E-state index is 12.9. The topological polar surface area (TPSA) is 88.9 Å². The molecule has 7 nitrogen and oxygen atoms in total. The molecule has 3 aromatic rings. The van der Waals surface area contributed by atoms with E-state index in [4.69, 9.17) is 0 Å². The Labute approximate surface area is 171 Å². The van der Waals surface area contributed by atoms with Gasteiger partial charge in [0.1, 0.15) is 5.82 Å². The molecule has 2 amide bonds. The van der Waals surface area contributed by atoms with Gasteiger partial charge in [-0.2, -0.15) is 0 Å². The molecule has 1 heterocycles. The van der Waals surface area contributed by atoms with Crippen molar-refractivity contribution in [3.63, 3.8) is 0 Å². The zero-order chi connectivity index (χ0) is 20.8. The molecule has 0 spiro atoms. The zero-order valence-corrected chi connectivity index (χ0v) is 16.8. The van der Waals surface area contributed by atoms with Crippen LogP contribution in [0.5, 0.6) is 0 Å². The van der Waals surface area contributed by atoms with Crippen LogP contribution in [-0.4, -0.2) is 32.3 Å². The average Bonchev–Trinajstić information content (AvgIpc) is 3.06. The van der Waals surface area contributed by atoms with Crippen LogP contribution in [0.15, 0.2) is 53.7 Å².